The van der Waals surface area contributed by atoms with Crippen LogP contribution >= 0.6 is 11.3 Å². The van der Waals surface area contributed by atoms with Crippen LogP contribution in [-0.2, 0) is 13.1 Å². The van der Waals surface area contributed by atoms with E-state index in [1.165, 1.54) is 29.5 Å². The number of halogens is 1. The third-order valence-corrected chi connectivity index (χ3v) is 4.84. The highest BCUT2D eigenvalue weighted by atomic mass is 32.1. The van der Waals surface area contributed by atoms with Gasteiger partial charge in [0.2, 0.25) is 0 Å². The molecule has 0 bridgehead atoms. The minimum absolute atomic E-state index is 0.0738. The number of nitrogens with zero attached hydrogens (tertiary/aromatic N) is 4. The molecule has 0 fully saturated rings. The molecule has 1 N–H and O–H groups in total. The van der Waals surface area contributed by atoms with Crippen LogP contribution in [0.5, 0.6) is 0 Å². The van der Waals surface area contributed by atoms with Crippen molar-refractivity contribution in [1.82, 2.24) is 25.2 Å². The fourth-order valence-electron chi connectivity index (χ4n) is 2.54. The summed E-state index contributed by atoms with van der Waals surface area (Å²) in [6.07, 6.45) is 0. The summed E-state index contributed by atoms with van der Waals surface area (Å²) >= 11 is 1.52. The van der Waals surface area contributed by atoms with Crippen LogP contribution in [0.15, 0.2) is 63.2 Å². The molecule has 0 atom stereocenters. The van der Waals surface area contributed by atoms with E-state index in [0.29, 0.717) is 17.8 Å². The van der Waals surface area contributed by atoms with Crippen molar-refractivity contribution in [2.45, 2.75) is 13.1 Å². The Morgan fingerprint density at radius 2 is 2.00 bits per heavy atom. The summed E-state index contributed by atoms with van der Waals surface area (Å²) in [6.45, 7) is 0.282. The van der Waals surface area contributed by atoms with Crippen molar-refractivity contribution < 1.29 is 13.7 Å². The van der Waals surface area contributed by atoms with Crippen LogP contribution in [0.4, 0.5) is 4.39 Å². The van der Waals surface area contributed by atoms with Gasteiger partial charge in [-0.2, -0.15) is 10.1 Å². The second kappa shape index (κ2) is 8.15. The van der Waals surface area contributed by atoms with Crippen molar-refractivity contribution >= 4 is 17.2 Å². The Kier molecular flexibility index (Phi) is 5.25. The molecule has 4 aromatic rings. The molecular weight excluding hydrogens is 397 g/mol. The quantitative estimate of drug-likeness (QED) is 0.523. The first-order valence-electron chi connectivity index (χ1n) is 8.56. The topological polar surface area (TPSA) is 103 Å². The molecule has 10 heteroatoms. The van der Waals surface area contributed by atoms with Gasteiger partial charge in [0.05, 0.1) is 12.2 Å². The van der Waals surface area contributed by atoms with Gasteiger partial charge < -0.3 is 9.84 Å². The Hall–Kier alpha value is -3.66. The molecule has 3 heterocycles. The summed E-state index contributed by atoms with van der Waals surface area (Å²) in [5, 5.41) is 12.6. The molecule has 3 aromatic heterocycles. The van der Waals surface area contributed by atoms with Gasteiger partial charge in [-0.25, -0.2) is 9.07 Å². The van der Waals surface area contributed by atoms with Crippen molar-refractivity contribution in [3.8, 4) is 11.3 Å². The van der Waals surface area contributed by atoms with Crippen molar-refractivity contribution in [2.75, 3.05) is 0 Å². The van der Waals surface area contributed by atoms with Gasteiger partial charge in [0.25, 0.3) is 5.56 Å². The fraction of sp³-hybridized carbons (Fsp3) is 0.105. The fourth-order valence-corrected chi connectivity index (χ4v) is 3.18. The maximum Gasteiger partial charge on any atom is 0.316 e. The van der Waals surface area contributed by atoms with E-state index in [0.717, 1.165) is 9.56 Å². The number of rotatable bonds is 6. The minimum Gasteiger partial charge on any atom is -0.343 e. The molecule has 8 nitrogen and oxygen atoms in total. The zero-order valence-corrected chi connectivity index (χ0v) is 15.7. The highest BCUT2D eigenvalue weighted by Gasteiger charge is 2.16. The lowest BCUT2D eigenvalue weighted by molar-refractivity contribution is 0.0907. The van der Waals surface area contributed by atoms with Crippen molar-refractivity contribution in [3.05, 3.63) is 86.7 Å². The number of carbonyl (C=O) groups excluding carboxylic acids is 1. The van der Waals surface area contributed by atoms with E-state index >= 15 is 0 Å². The molecule has 0 saturated carbocycles. The van der Waals surface area contributed by atoms with E-state index in [9.17, 15) is 14.0 Å². The zero-order chi connectivity index (χ0) is 20.2. The van der Waals surface area contributed by atoms with Gasteiger partial charge in [0, 0.05) is 16.5 Å². The summed E-state index contributed by atoms with van der Waals surface area (Å²) in [7, 11) is 0. The molecular formula is C19H14FN5O3S. The number of hydrogen-bond donors (Lipinski definition) is 1. The average Bonchev–Trinajstić information content (AvgIpc) is 3.41. The molecule has 0 aliphatic rings. The van der Waals surface area contributed by atoms with Gasteiger partial charge in [-0.15, -0.1) is 11.3 Å². The second-order valence-corrected chi connectivity index (χ2v) is 7.03. The molecule has 0 saturated heterocycles. The van der Waals surface area contributed by atoms with Gasteiger partial charge in [-0.1, -0.05) is 11.2 Å². The molecule has 4 rings (SSSR count). The average molecular weight is 411 g/mol. The highest BCUT2D eigenvalue weighted by Crippen LogP contribution is 2.15. The number of benzene rings is 1. The van der Waals surface area contributed by atoms with Crippen LogP contribution in [0.25, 0.3) is 11.3 Å². The minimum atomic E-state index is -0.502. The molecule has 0 radical (unpaired) electrons. The Morgan fingerprint density at radius 1 is 1.17 bits per heavy atom. The molecule has 0 aliphatic heterocycles. The predicted octanol–water partition coefficient (Wildman–Crippen LogP) is 2.47. The Labute approximate surface area is 167 Å². The molecule has 1 amide bonds. The first-order chi connectivity index (χ1) is 14.1. The van der Waals surface area contributed by atoms with Crippen LogP contribution in [0, 0.1) is 5.82 Å². The highest BCUT2D eigenvalue weighted by molar-refractivity contribution is 7.09. The number of amides is 1. The van der Waals surface area contributed by atoms with E-state index in [-0.39, 0.29) is 29.6 Å². The molecule has 0 spiro atoms. The second-order valence-electron chi connectivity index (χ2n) is 6.00. The lowest BCUT2D eigenvalue weighted by Gasteiger charge is -2.05. The van der Waals surface area contributed by atoms with Gasteiger partial charge >= 0.3 is 11.8 Å². The maximum atomic E-state index is 13.1. The van der Waals surface area contributed by atoms with E-state index in [2.05, 4.69) is 20.6 Å². The van der Waals surface area contributed by atoms with Crippen LogP contribution < -0.4 is 10.9 Å². The number of nitrogens with one attached hydrogen (secondary N) is 1. The number of aromatic nitrogens is 4. The Balaban J connectivity index is 1.48. The summed E-state index contributed by atoms with van der Waals surface area (Å²) in [6, 6.07) is 12.4. The molecule has 29 heavy (non-hydrogen) atoms. The van der Waals surface area contributed by atoms with Crippen molar-refractivity contribution in [1.29, 1.82) is 0 Å². The third-order valence-electron chi connectivity index (χ3n) is 3.96. The lowest BCUT2D eigenvalue weighted by atomic mass is 10.1. The smallest absolute Gasteiger partial charge is 0.316 e. The molecule has 0 aliphatic carbocycles. The van der Waals surface area contributed by atoms with Crippen LogP contribution in [-0.4, -0.2) is 25.8 Å². The normalized spacial score (nSPS) is 10.8. The van der Waals surface area contributed by atoms with E-state index in [1.807, 2.05) is 17.5 Å². The molecule has 1 aromatic carbocycles. The first kappa shape index (κ1) is 18.7. The van der Waals surface area contributed by atoms with Crippen molar-refractivity contribution in [2.24, 2.45) is 0 Å². The summed E-state index contributed by atoms with van der Waals surface area (Å²) in [4.78, 5) is 29.3. The van der Waals surface area contributed by atoms with Gasteiger partial charge in [0.1, 0.15) is 12.4 Å². The molecule has 0 unspecified atom stereocenters. The zero-order valence-electron chi connectivity index (χ0n) is 14.9. The van der Waals surface area contributed by atoms with E-state index < -0.39 is 5.91 Å². The van der Waals surface area contributed by atoms with Gasteiger partial charge in [-0.05, 0) is 41.8 Å². The van der Waals surface area contributed by atoms with Gasteiger partial charge in [0.15, 0.2) is 5.82 Å². The molecule has 146 valence electrons. The van der Waals surface area contributed by atoms with Gasteiger partial charge in [-0.3, -0.25) is 9.59 Å². The maximum absolute atomic E-state index is 13.1. The van der Waals surface area contributed by atoms with Crippen LogP contribution in [0.3, 0.4) is 0 Å². The lowest BCUT2D eigenvalue weighted by Crippen LogP contribution is -2.24. The summed E-state index contributed by atoms with van der Waals surface area (Å²) in [5.74, 6) is -0.923. The van der Waals surface area contributed by atoms with E-state index in [1.54, 1.807) is 18.2 Å². The van der Waals surface area contributed by atoms with E-state index in [4.69, 9.17) is 4.52 Å². The number of hydrogen-bond acceptors (Lipinski definition) is 7. The largest absolute Gasteiger partial charge is 0.343 e. The summed E-state index contributed by atoms with van der Waals surface area (Å²) in [5.41, 5.74) is 0.772. The first-order valence-corrected chi connectivity index (χ1v) is 9.44. The third kappa shape index (κ3) is 4.43. The monoisotopic (exact) mass is 411 g/mol. The van der Waals surface area contributed by atoms with Crippen LogP contribution in [0.1, 0.15) is 21.4 Å². The standard InChI is InChI=1S/C19H14FN5O3S/c20-13-5-3-12(4-6-13)15-7-8-17(26)25(23-15)11-16-22-19(28-24-16)18(27)21-10-14-2-1-9-29-14/h1-9H,10-11H2,(H,21,27). The number of carbonyl (C=O) groups is 1. The Morgan fingerprint density at radius 3 is 2.76 bits per heavy atom. The van der Waals surface area contributed by atoms with Crippen molar-refractivity contribution in [3.63, 3.8) is 0 Å². The summed E-state index contributed by atoms with van der Waals surface area (Å²) < 4.78 is 19.2. The number of thiophene rings is 1. The van der Waals surface area contributed by atoms with Crippen LogP contribution in [0.2, 0.25) is 0 Å². The predicted molar refractivity (Wildman–Crippen MR) is 103 cm³/mol. The Bertz CT molecular complexity index is 1190. The SMILES string of the molecule is O=C(NCc1cccs1)c1nc(Cn2nc(-c3ccc(F)cc3)ccc2=O)no1.